The Morgan fingerprint density at radius 3 is 2.79 bits per heavy atom. The van der Waals surface area contributed by atoms with Crippen LogP contribution in [0.25, 0.3) is 6.08 Å². The average Bonchev–Trinajstić information content (AvgIpc) is 2.19. The largest absolute Gasteiger partial charge is 0.240 e. The molecule has 0 aromatic heterocycles. The molecule has 1 aromatic rings. The quantitative estimate of drug-likeness (QED) is 0.528. The van der Waals surface area contributed by atoms with E-state index in [-0.39, 0.29) is 0 Å². The summed E-state index contributed by atoms with van der Waals surface area (Å²) in [6, 6.07) is 3.81. The summed E-state index contributed by atoms with van der Waals surface area (Å²) in [5, 5.41) is 0. The van der Waals surface area contributed by atoms with Crippen LogP contribution in [0.5, 0.6) is 0 Å². The zero-order valence-corrected chi connectivity index (χ0v) is 8.50. The number of aliphatic imine (C=N–C) groups is 1. The van der Waals surface area contributed by atoms with Crippen molar-refractivity contribution in [3.63, 3.8) is 0 Å². The van der Waals surface area contributed by atoms with Crippen LogP contribution in [0.4, 0.5) is 5.69 Å². The topological polar surface area (TPSA) is 29.4 Å². The third kappa shape index (κ3) is 1.81. The Balaban J connectivity index is 3.42. The van der Waals surface area contributed by atoms with Crippen LogP contribution in [-0.2, 0) is 11.2 Å². The molecule has 72 valence electrons. The fourth-order valence-corrected chi connectivity index (χ4v) is 1.55. The number of hydrogen-bond donors (Lipinski definition) is 0. The molecule has 0 saturated carbocycles. The van der Waals surface area contributed by atoms with Gasteiger partial charge in [0.15, 0.2) is 0 Å². The number of rotatable bonds is 3. The minimum Gasteiger partial charge on any atom is -0.211 e. The van der Waals surface area contributed by atoms with E-state index in [2.05, 4.69) is 18.5 Å². The maximum atomic E-state index is 10.2. The molecule has 1 rings (SSSR count). The van der Waals surface area contributed by atoms with Crippen molar-refractivity contribution in [3.05, 3.63) is 35.4 Å². The Morgan fingerprint density at radius 2 is 2.29 bits per heavy atom. The highest BCUT2D eigenvalue weighted by Crippen LogP contribution is 2.26. The number of benzene rings is 1. The number of aryl methyl sites for hydroxylation is 1. The van der Waals surface area contributed by atoms with Gasteiger partial charge in [-0.25, -0.2) is 4.79 Å². The molecule has 1 aromatic carbocycles. The maximum absolute atomic E-state index is 10.2. The molecule has 0 aliphatic heterocycles. The summed E-state index contributed by atoms with van der Waals surface area (Å²) >= 11 is 0. The molecule has 0 aliphatic rings. The lowest BCUT2D eigenvalue weighted by molar-refractivity contribution is 0.565. The average molecular weight is 187 g/mol. The number of hydrogen-bond acceptors (Lipinski definition) is 2. The van der Waals surface area contributed by atoms with Gasteiger partial charge in [0.25, 0.3) is 0 Å². The van der Waals surface area contributed by atoms with Gasteiger partial charge in [-0.05, 0) is 30.5 Å². The highest BCUT2D eigenvalue weighted by molar-refractivity contribution is 5.69. The minimum absolute atomic E-state index is 0.643. The van der Waals surface area contributed by atoms with E-state index in [1.54, 1.807) is 12.2 Å². The zero-order valence-electron chi connectivity index (χ0n) is 8.50. The lowest BCUT2D eigenvalue weighted by Crippen LogP contribution is -1.90. The van der Waals surface area contributed by atoms with Crippen LogP contribution < -0.4 is 0 Å². The van der Waals surface area contributed by atoms with Crippen LogP contribution in [0.1, 0.15) is 23.6 Å². The van der Waals surface area contributed by atoms with Crippen molar-refractivity contribution >= 4 is 17.8 Å². The van der Waals surface area contributed by atoms with Gasteiger partial charge in [0, 0.05) is 5.56 Å². The molecule has 0 spiro atoms. The molecule has 2 nitrogen and oxygen atoms in total. The molecule has 0 atom stereocenters. The first kappa shape index (κ1) is 10.4. The molecular weight excluding hydrogens is 174 g/mol. The number of carbonyl (C=O) groups excluding carboxylic acids is 1. The van der Waals surface area contributed by atoms with E-state index in [1.807, 2.05) is 19.1 Å². The molecule has 0 N–H and O–H groups in total. The second-order valence-electron chi connectivity index (χ2n) is 3.04. The smallest absolute Gasteiger partial charge is 0.211 e. The van der Waals surface area contributed by atoms with Gasteiger partial charge in [0.1, 0.15) is 0 Å². The Bertz CT molecular complexity index is 401. The van der Waals surface area contributed by atoms with Crippen LogP contribution in [0.2, 0.25) is 0 Å². The van der Waals surface area contributed by atoms with Gasteiger partial charge in [-0.3, -0.25) is 0 Å². The van der Waals surface area contributed by atoms with Gasteiger partial charge in [-0.15, -0.1) is 0 Å². The molecule has 0 radical (unpaired) electrons. The van der Waals surface area contributed by atoms with Gasteiger partial charge in [0.2, 0.25) is 6.08 Å². The third-order valence-electron chi connectivity index (χ3n) is 2.36. The SMILES string of the molecule is C=Cc1c(N=C=O)ccc(CC)c1C. The normalized spacial score (nSPS) is 9.29. The van der Waals surface area contributed by atoms with Crippen molar-refractivity contribution in [1.29, 1.82) is 0 Å². The molecule has 14 heavy (non-hydrogen) atoms. The number of nitrogens with zero attached hydrogens (tertiary/aromatic N) is 1. The van der Waals surface area contributed by atoms with Gasteiger partial charge in [-0.1, -0.05) is 25.6 Å². The summed E-state index contributed by atoms with van der Waals surface area (Å²) in [5.74, 6) is 0. The summed E-state index contributed by atoms with van der Waals surface area (Å²) in [6.45, 7) is 7.83. The van der Waals surface area contributed by atoms with Gasteiger partial charge in [0.05, 0.1) is 5.69 Å². The van der Waals surface area contributed by atoms with Crippen LogP contribution in [0, 0.1) is 6.92 Å². The summed E-state index contributed by atoms with van der Waals surface area (Å²) in [6.07, 6.45) is 4.25. The first-order valence-electron chi connectivity index (χ1n) is 4.57. The highest BCUT2D eigenvalue weighted by atomic mass is 16.1. The van der Waals surface area contributed by atoms with Crippen LogP contribution in [0.15, 0.2) is 23.7 Å². The van der Waals surface area contributed by atoms with E-state index in [9.17, 15) is 4.79 Å². The molecule has 0 heterocycles. The standard InChI is InChI=1S/C12H13NO/c1-4-10-6-7-12(13-8-14)11(5-2)9(10)3/h5-7H,2,4H2,1,3H3. The van der Waals surface area contributed by atoms with Gasteiger partial charge in [-0.2, -0.15) is 4.99 Å². The van der Waals surface area contributed by atoms with E-state index in [4.69, 9.17) is 0 Å². The maximum Gasteiger partial charge on any atom is 0.240 e. The Morgan fingerprint density at radius 1 is 1.57 bits per heavy atom. The van der Waals surface area contributed by atoms with E-state index >= 15 is 0 Å². The Hall–Kier alpha value is -1.66. The third-order valence-corrected chi connectivity index (χ3v) is 2.36. The van der Waals surface area contributed by atoms with Gasteiger partial charge >= 0.3 is 0 Å². The van der Waals surface area contributed by atoms with Crippen molar-refractivity contribution in [2.75, 3.05) is 0 Å². The van der Waals surface area contributed by atoms with Gasteiger partial charge < -0.3 is 0 Å². The monoisotopic (exact) mass is 187 g/mol. The lowest BCUT2D eigenvalue weighted by Gasteiger charge is -2.08. The van der Waals surface area contributed by atoms with Crippen molar-refractivity contribution in [3.8, 4) is 0 Å². The first-order chi connectivity index (χ1) is 6.74. The predicted octanol–water partition coefficient (Wildman–Crippen LogP) is 3.17. The van der Waals surface area contributed by atoms with Crippen molar-refractivity contribution in [2.24, 2.45) is 4.99 Å². The summed E-state index contributed by atoms with van der Waals surface area (Å²) in [5.41, 5.74) is 3.96. The first-order valence-corrected chi connectivity index (χ1v) is 4.57. The summed E-state index contributed by atoms with van der Waals surface area (Å²) < 4.78 is 0. The predicted molar refractivity (Wildman–Crippen MR) is 58.4 cm³/mol. The molecule has 0 fully saturated rings. The van der Waals surface area contributed by atoms with Crippen LogP contribution in [-0.4, -0.2) is 6.08 Å². The molecule has 0 amide bonds. The molecule has 0 bridgehead atoms. The zero-order chi connectivity index (χ0) is 10.6. The molecule has 0 aliphatic carbocycles. The van der Waals surface area contributed by atoms with E-state index in [1.165, 1.54) is 5.56 Å². The minimum atomic E-state index is 0.643. The fraction of sp³-hybridized carbons (Fsp3) is 0.250. The lowest BCUT2D eigenvalue weighted by atomic mass is 9.99. The second-order valence-corrected chi connectivity index (χ2v) is 3.04. The van der Waals surface area contributed by atoms with Crippen molar-refractivity contribution < 1.29 is 4.79 Å². The van der Waals surface area contributed by atoms with Crippen LogP contribution in [0.3, 0.4) is 0 Å². The van der Waals surface area contributed by atoms with Crippen molar-refractivity contribution in [2.45, 2.75) is 20.3 Å². The molecular formula is C12H13NO. The van der Waals surface area contributed by atoms with E-state index in [0.717, 1.165) is 17.5 Å². The summed E-state index contributed by atoms with van der Waals surface area (Å²) in [4.78, 5) is 13.8. The second kappa shape index (κ2) is 4.54. The summed E-state index contributed by atoms with van der Waals surface area (Å²) in [7, 11) is 0. The van der Waals surface area contributed by atoms with E-state index in [0.29, 0.717) is 5.69 Å². The highest BCUT2D eigenvalue weighted by Gasteiger charge is 2.05. The molecule has 0 saturated heterocycles. The Labute approximate surface area is 84.0 Å². The van der Waals surface area contributed by atoms with Crippen LogP contribution >= 0.6 is 0 Å². The number of isocyanates is 1. The molecule has 2 heteroatoms. The van der Waals surface area contributed by atoms with E-state index < -0.39 is 0 Å². The molecule has 0 unspecified atom stereocenters. The van der Waals surface area contributed by atoms with Crippen molar-refractivity contribution in [1.82, 2.24) is 0 Å². The Kier molecular flexibility index (Phi) is 3.38. The fourth-order valence-electron chi connectivity index (χ4n) is 1.55.